The van der Waals surface area contributed by atoms with Crippen molar-refractivity contribution >= 4 is 40.9 Å². The molecule has 0 spiro atoms. The number of amides is 2. The second-order valence-corrected chi connectivity index (χ2v) is 5.52. The number of aromatic nitrogens is 1. The number of nitrogens with one attached hydrogen (secondary N) is 2. The van der Waals surface area contributed by atoms with Crippen LogP contribution < -0.4 is 10.6 Å². The molecule has 0 saturated heterocycles. The summed E-state index contributed by atoms with van der Waals surface area (Å²) in [5.41, 5.74) is 0.574. The maximum Gasteiger partial charge on any atom is 0.306 e. The quantitative estimate of drug-likeness (QED) is 0.729. The summed E-state index contributed by atoms with van der Waals surface area (Å²) in [7, 11) is 0. The molecular formula is C16H16ClN3O5. The van der Waals surface area contributed by atoms with E-state index < -0.39 is 18.5 Å². The van der Waals surface area contributed by atoms with Crippen LogP contribution in [0.2, 0.25) is 5.02 Å². The molecule has 0 saturated carbocycles. The molecule has 8 nitrogen and oxygen atoms in total. The van der Waals surface area contributed by atoms with E-state index in [2.05, 4.69) is 15.8 Å². The van der Waals surface area contributed by atoms with Crippen LogP contribution in [0.3, 0.4) is 0 Å². The maximum absolute atomic E-state index is 11.7. The van der Waals surface area contributed by atoms with Crippen molar-refractivity contribution in [3.63, 3.8) is 0 Å². The van der Waals surface area contributed by atoms with Crippen LogP contribution in [0.15, 0.2) is 34.9 Å². The van der Waals surface area contributed by atoms with Gasteiger partial charge in [0.15, 0.2) is 12.4 Å². The van der Waals surface area contributed by atoms with E-state index in [4.69, 9.17) is 20.9 Å². The Kier molecular flexibility index (Phi) is 6.53. The first-order valence-electron chi connectivity index (χ1n) is 7.36. The zero-order chi connectivity index (χ0) is 18.2. The van der Waals surface area contributed by atoms with Crippen LogP contribution in [0.4, 0.5) is 11.5 Å². The Morgan fingerprint density at radius 3 is 2.48 bits per heavy atom. The van der Waals surface area contributed by atoms with Gasteiger partial charge < -0.3 is 19.9 Å². The van der Waals surface area contributed by atoms with Crippen molar-refractivity contribution < 1.29 is 23.6 Å². The number of hydrogen-bond donors (Lipinski definition) is 2. The molecule has 25 heavy (non-hydrogen) atoms. The highest BCUT2D eigenvalue weighted by atomic mass is 35.5. The number of rotatable bonds is 7. The molecule has 1 aromatic carbocycles. The number of halogens is 1. The molecule has 0 aliphatic rings. The fourth-order valence-corrected chi connectivity index (χ4v) is 1.92. The standard InChI is InChI=1S/C16H16ClN3O5/c1-10-8-13(20-25-10)19-15(22)9-24-16(23)7-6-14(21)18-12-4-2-11(17)3-5-12/h2-5,8H,6-7,9H2,1H3,(H,18,21)(H,19,20,22). The van der Waals surface area contributed by atoms with Crippen LogP contribution in [-0.2, 0) is 19.1 Å². The molecule has 0 aliphatic heterocycles. The molecule has 0 fully saturated rings. The predicted octanol–water partition coefficient (Wildman–Crippen LogP) is 2.54. The Labute approximate surface area is 148 Å². The van der Waals surface area contributed by atoms with Crippen molar-refractivity contribution in [3.05, 3.63) is 41.1 Å². The summed E-state index contributed by atoms with van der Waals surface area (Å²) in [6.45, 7) is 1.21. The molecule has 2 rings (SSSR count). The molecule has 9 heteroatoms. The Hall–Kier alpha value is -2.87. The molecule has 2 amide bonds. The second-order valence-electron chi connectivity index (χ2n) is 5.09. The molecule has 1 heterocycles. The van der Waals surface area contributed by atoms with Gasteiger partial charge in [-0.1, -0.05) is 16.8 Å². The summed E-state index contributed by atoms with van der Waals surface area (Å²) in [4.78, 5) is 34.9. The molecule has 0 bridgehead atoms. The van der Waals surface area contributed by atoms with Gasteiger partial charge in [0.2, 0.25) is 5.91 Å². The Morgan fingerprint density at radius 1 is 1.12 bits per heavy atom. The Bertz CT molecular complexity index is 757. The first-order valence-corrected chi connectivity index (χ1v) is 7.74. The van der Waals surface area contributed by atoms with Gasteiger partial charge >= 0.3 is 5.97 Å². The topological polar surface area (TPSA) is 111 Å². The Balaban J connectivity index is 1.65. The lowest BCUT2D eigenvalue weighted by molar-refractivity contribution is -0.147. The normalized spacial score (nSPS) is 10.2. The van der Waals surface area contributed by atoms with Crippen molar-refractivity contribution in [3.8, 4) is 0 Å². The van der Waals surface area contributed by atoms with Crippen molar-refractivity contribution in [1.29, 1.82) is 0 Å². The minimum atomic E-state index is -0.655. The minimum absolute atomic E-state index is 0.0639. The largest absolute Gasteiger partial charge is 0.456 e. The molecule has 132 valence electrons. The summed E-state index contributed by atoms with van der Waals surface area (Å²) in [5.74, 6) is -0.772. The number of carbonyl (C=O) groups is 3. The molecule has 0 atom stereocenters. The van der Waals surface area contributed by atoms with Gasteiger partial charge in [0, 0.05) is 23.2 Å². The van der Waals surface area contributed by atoms with Gasteiger partial charge in [0.25, 0.3) is 5.91 Å². The summed E-state index contributed by atoms with van der Waals surface area (Å²) in [5, 5.41) is 9.17. The van der Waals surface area contributed by atoms with Crippen molar-refractivity contribution in [1.82, 2.24) is 5.16 Å². The smallest absolute Gasteiger partial charge is 0.306 e. The number of benzene rings is 1. The van der Waals surface area contributed by atoms with Gasteiger partial charge in [0.1, 0.15) is 5.76 Å². The minimum Gasteiger partial charge on any atom is -0.456 e. The summed E-state index contributed by atoms with van der Waals surface area (Å²) >= 11 is 5.75. The lowest BCUT2D eigenvalue weighted by atomic mass is 10.2. The number of carbonyl (C=O) groups excluding carboxylic acids is 3. The van der Waals surface area contributed by atoms with Crippen molar-refractivity contribution in [2.75, 3.05) is 17.2 Å². The number of nitrogens with zero attached hydrogens (tertiary/aromatic N) is 1. The lowest BCUT2D eigenvalue weighted by Gasteiger charge is -2.06. The fraction of sp³-hybridized carbons (Fsp3) is 0.250. The van der Waals surface area contributed by atoms with E-state index in [0.29, 0.717) is 16.5 Å². The third-order valence-corrected chi connectivity index (χ3v) is 3.20. The lowest BCUT2D eigenvalue weighted by Crippen LogP contribution is -2.21. The van der Waals surface area contributed by atoms with Crippen LogP contribution in [0, 0.1) is 6.92 Å². The van der Waals surface area contributed by atoms with Gasteiger partial charge in [-0.3, -0.25) is 14.4 Å². The molecule has 2 aromatic rings. The first kappa shape index (κ1) is 18.5. The predicted molar refractivity (Wildman–Crippen MR) is 90.1 cm³/mol. The van der Waals surface area contributed by atoms with Crippen LogP contribution in [-0.4, -0.2) is 29.5 Å². The van der Waals surface area contributed by atoms with E-state index in [0.717, 1.165) is 0 Å². The van der Waals surface area contributed by atoms with E-state index in [1.54, 1.807) is 31.2 Å². The summed E-state index contributed by atoms with van der Waals surface area (Å²) < 4.78 is 9.58. The zero-order valence-electron chi connectivity index (χ0n) is 13.4. The average molecular weight is 366 g/mol. The van der Waals surface area contributed by atoms with Gasteiger partial charge in [-0.2, -0.15) is 0 Å². The fourth-order valence-electron chi connectivity index (χ4n) is 1.79. The molecule has 0 aliphatic carbocycles. The van der Waals surface area contributed by atoms with E-state index in [9.17, 15) is 14.4 Å². The maximum atomic E-state index is 11.7. The highest BCUT2D eigenvalue weighted by Gasteiger charge is 2.12. The van der Waals surface area contributed by atoms with Crippen molar-refractivity contribution in [2.24, 2.45) is 0 Å². The number of anilines is 2. The third kappa shape index (κ3) is 6.64. The van der Waals surface area contributed by atoms with Gasteiger partial charge in [0.05, 0.1) is 6.42 Å². The Morgan fingerprint density at radius 2 is 1.84 bits per heavy atom. The number of aryl methyl sites for hydroxylation is 1. The first-order chi connectivity index (χ1) is 11.9. The van der Waals surface area contributed by atoms with Crippen LogP contribution in [0.5, 0.6) is 0 Å². The highest BCUT2D eigenvalue weighted by Crippen LogP contribution is 2.13. The summed E-state index contributed by atoms with van der Waals surface area (Å²) in [6.07, 6.45) is -0.207. The van der Waals surface area contributed by atoms with Crippen LogP contribution in [0.1, 0.15) is 18.6 Å². The van der Waals surface area contributed by atoms with Gasteiger partial charge in [-0.25, -0.2) is 0 Å². The zero-order valence-corrected chi connectivity index (χ0v) is 14.1. The van der Waals surface area contributed by atoms with Crippen LogP contribution >= 0.6 is 11.6 Å². The highest BCUT2D eigenvalue weighted by molar-refractivity contribution is 6.30. The summed E-state index contributed by atoms with van der Waals surface area (Å²) in [6, 6.07) is 8.10. The molecule has 2 N–H and O–H groups in total. The van der Waals surface area contributed by atoms with Crippen LogP contribution in [0.25, 0.3) is 0 Å². The van der Waals surface area contributed by atoms with Crippen molar-refractivity contribution in [2.45, 2.75) is 19.8 Å². The number of esters is 1. The van der Waals surface area contributed by atoms with E-state index >= 15 is 0 Å². The van der Waals surface area contributed by atoms with E-state index in [1.165, 1.54) is 6.07 Å². The molecule has 0 radical (unpaired) electrons. The van der Waals surface area contributed by atoms with E-state index in [-0.39, 0.29) is 24.6 Å². The average Bonchev–Trinajstić information content (AvgIpc) is 2.98. The molecule has 1 aromatic heterocycles. The number of ether oxygens (including phenoxy) is 1. The SMILES string of the molecule is Cc1cc(NC(=O)COC(=O)CCC(=O)Nc2ccc(Cl)cc2)no1. The molecular weight excluding hydrogens is 350 g/mol. The van der Waals surface area contributed by atoms with Gasteiger partial charge in [-0.15, -0.1) is 0 Å². The second kappa shape index (κ2) is 8.84. The monoisotopic (exact) mass is 365 g/mol. The number of hydrogen-bond acceptors (Lipinski definition) is 6. The van der Waals surface area contributed by atoms with E-state index in [1.807, 2.05) is 0 Å². The van der Waals surface area contributed by atoms with Gasteiger partial charge in [-0.05, 0) is 31.2 Å². The molecule has 0 unspecified atom stereocenters. The third-order valence-electron chi connectivity index (χ3n) is 2.94.